The first kappa shape index (κ1) is 6.83. The van der Waals surface area contributed by atoms with Gasteiger partial charge in [-0.15, -0.1) is 0 Å². The van der Waals surface area contributed by atoms with Crippen molar-refractivity contribution in [3.05, 3.63) is 35.4 Å². The first-order valence-corrected chi connectivity index (χ1v) is 3.73. The zero-order valence-electron chi connectivity index (χ0n) is 6.07. The van der Waals surface area contributed by atoms with Crippen molar-refractivity contribution >= 4 is 0 Å². The largest absolute Gasteiger partial charge is 0.390 e. The van der Waals surface area contributed by atoms with Crippen LogP contribution in [0.5, 0.6) is 0 Å². The maximum atomic E-state index is 9.40. The van der Waals surface area contributed by atoms with Gasteiger partial charge in [-0.2, -0.15) is 0 Å². The summed E-state index contributed by atoms with van der Waals surface area (Å²) in [5.74, 6) is 0. The first-order valence-electron chi connectivity index (χ1n) is 3.73. The lowest BCUT2D eigenvalue weighted by Gasteiger charge is -2.06. The number of fused-ring (bicyclic) bond motifs is 1. The third-order valence-electron chi connectivity index (χ3n) is 2.17. The van der Waals surface area contributed by atoms with Crippen LogP contribution in [0, 0.1) is 0 Å². The van der Waals surface area contributed by atoms with Crippen LogP contribution in [-0.4, -0.2) is 16.3 Å². The van der Waals surface area contributed by atoms with E-state index < -0.39 is 12.2 Å². The summed E-state index contributed by atoms with van der Waals surface area (Å²) in [6, 6.07) is 7.59. The second-order valence-electron chi connectivity index (χ2n) is 2.92. The topological polar surface area (TPSA) is 40.5 Å². The number of aliphatic hydroxyl groups excluding tert-OH is 2. The van der Waals surface area contributed by atoms with Crippen LogP contribution in [0.1, 0.15) is 17.2 Å². The Morgan fingerprint density at radius 1 is 1.18 bits per heavy atom. The van der Waals surface area contributed by atoms with Gasteiger partial charge in [0, 0.05) is 6.42 Å². The molecule has 0 aromatic heterocycles. The van der Waals surface area contributed by atoms with E-state index in [2.05, 4.69) is 0 Å². The molecule has 58 valence electrons. The van der Waals surface area contributed by atoms with Crippen molar-refractivity contribution in [1.82, 2.24) is 0 Å². The molecule has 0 spiro atoms. The molecule has 0 unspecified atom stereocenters. The van der Waals surface area contributed by atoms with Crippen LogP contribution in [0.2, 0.25) is 0 Å². The molecular formula is C9H10O2. The van der Waals surface area contributed by atoms with Gasteiger partial charge in [-0.1, -0.05) is 24.3 Å². The first-order chi connectivity index (χ1) is 5.29. The van der Waals surface area contributed by atoms with Crippen molar-refractivity contribution in [1.29, 1.82) is 0 Å². The zero-order valence-corrected chi connectivity index (χ0v) is 6.07. The molecule has 0 aliphatic heterocycles. The van der Waals surface area contributed by atoms with E-state index in [1.165, 1.54) is 0 Å². The van der Waals surface area contributed by atoms with Gasteiger partial charge in [-0.25, -0.2) is 0 Å². The van der Waals surface area contributed by atoms with E-state index in [0.29, 0.717) is 6.42 Å². The van der Waals surface area contributed by atoms with Crippen molar-refractivity contribution in [2.45, 2.75) is 18.6 Å². The highest BCUT2D eigenvalue weighted by atomic mass is 16.3. The van der Waals surface area contributed by atoms with E-state index in [0.717, 1.165) is 11.1 Å². The van der Waals surface area contributed by atoms with Crippen LogP contribution >= 0.6 is 0 Å². The Kier molecular flexibility index (Phi) is 1.44. The molecule has 2 nitrogen and oxygen atoms in total. The molecule has 11 heavy (non-hydrogen) atoms. The molecule has 0 saturated heterocycles. The maximum absolute atomic E-state index is 9.40. The third kappa shape index (κ3) is 0.951. The van der Waals surface area contributed by atoms with Crippen molar-refractivity contribution in [2.24, 2.45) is 0 Å². The van der Waals surface area contributed by atoms with Crippen molar-refractivity contribution in [3.63, 3.8) is 0 Å². The van der Waals surface area contributed by atoms with Gasteiger partial charge in [0.15, 0.2) is 0 Å². The Bertz CT molecular complexity index is 270. The number of benzene rings is 1. The molecule has 1 aromatic carbocycles. The Morgan fingerprint density at radius 3 is 2.64 bits per heavy atom. The highest BCUT2D eigenvalue weighted by Crippen LogP contribution is 2.30. The van der Waals surface area contributed by atoms with Gasteiger partial charge in [0.1, 0.15) is 6.10 Å². The standard InChI is InChI=1S/C9H10O2/c10-8-5-6-3-1-2-4-7(6)9(8)11/h1-4,8-11H,5H2/t8-,9-/m0/s1. The minimum atomic E-state index is -0.675. The molecule has 2 atom stereocenters. The Balaban J connectivity index is 2.47. The Morgan fingerprint density at radius 2 is 1.91 bits per heavy atom. The SMILES string of the molecule is O[C@H]1Cc2ccccc2[C@@H]1O. The van der Waals surface area contributed by atoms with E-state index >= 15 is 0 Å². The summed E-state index contributed by atoms with van der Waals surface area (Å²) in [7, 11) is 0. The molecule has 0 saturated carbocycles. The highest BCUT2D eigenvalue weighted by molar-refractivity contribution is 5.34. The molecule has 0 amide bonds. The van der Waals surface area contributed by atoms with E-state index in [-0.39, 0.29) is 0 Å². The average molecular weight is 150 g/mol. The lowest BCUT2D eigenvalue weighted by Crippen LogP contribution is -2.11. The molecule has 0 fully saturated rings. The summed E-state index contributed by atoms with van der Waals surface area (Å²) in [6.45, 7) is 0. The van der Waals surface area contributed by atoms with Gasteiger partial charge < -0.3 is 10.2 Å². The van der Waals surface area contributed by atoms with E-state index in [4.69, 9.17) is 0 Å². The van der Waals surface area contributed by atoms with Crippen molar-refractivity contribution in [3.8, 4) is 0 Å². The molecule has 2 heteroatoms. The third-order valence-corrected chi connectivity index (χ3v) is 2.17. The van der Waals surface area contributed by atoms with E-state index in [1.54, 1.807) is 0 Å². The predicted octanol–water partition coefficient (Wildman–Crippen LogP) is 0.637. The molecule has 1 aliphatic rings. The van der Waals surface area contributed by atoms with Crippen molar-refractivity contribution in [2.75, 3.05) is 0 Å². The van der Waals surface area contributed by atoms with Crippen LogP contribution in [0.3, 0.4) is 0 Å². The molecule has 0 heterocycles. The molecule has 1 aromatic rings. The maximum Gasteiger partial charge on any atom is 0.105 e. The summed E-state index contributed by atoms with van der Waals surface area (Å²) in [5.41, 5.74) is 1.94. The van der Waals surface area contributed by atoms with Crippen LogP contribution in [0.4, 0.5) is 0 Å². The second-order valence-corrected chi connectivity index (χ2v) is 2.92. The Hall–Kier alpha value is -0.860. The fourth-order valence-corrected chi connectivity index (χ4v) is 1.55. The van der Waals surface area contributed by atoms with E-state index in [9.17, 15) is 10.2 Å². The van der Waals surface area contributed by atoms with Crippen LogP contribution < -0.4 is 0 Å². The summed E-state index contributed by atoms with van der Waals surface area (Å²) in [4.78, 5) is 0. The monoisotopic (exact) mass is 150 g/mol. The van der Waals surface area contributed by atoms with Gasteiger partial charge in [0.05, 0.1) is 6.10 Å². The fraction of sp³-hybridized carbons (Fsp3) is 0.333. The number of aliphatic hydroxyl groups is 2. The van der Waals surface area contributed by atoms with E-state index in [1.807, 2.05) is 24.3 Å². The molecular weight excluding hydrogens is 140 g/mol. The molecule has 2 N–H and O–H groups in total. The lowest BCUT2D eigenvalue weighted by atomic mass is 10.1. The Labute approximate surface area is 65.1 Å². The molecule has 1 aliphatic carbocycles. The van der Waals surface area contributed by atoms with Gasteiger partial charge in [-0.3, -0.25) is 0 Å². The van der Waals surface area contributed by atoms with Gasteiger partial charge in [-0.05, 0) is 11.1 Å². The van der Waals surface area contributed by atoms with Gasteiger partial charge in [0.25, 0.3) is 0 Å². The smallest absolute Gasteiger partial charge is 0.105 e. The molecule has 0 radical (unpaired) electrons. The van der Waals surface area contributed by atoms with Gasteiger partial charge >= 0.3 is 0 Å². The summed E-state index contributed by atoms with van der Waals surface area (Å²) in [5, 5.41) is 18.7. The molecule has 0 bridgehead atoms. The summed E-state index contributed by atoms with van der Waals surface area (Å²) >= 11 is 0. The second kappa shape index (κ2) is 2.32. The fourth-order valence-electron chi connectivity index (χ4n) is 1.55. The lowest BCUT2D eigenvalue weighted by molar-refractivity contribution is 0.0326. The predicted molar refractivity (Wildman–Crippen MR) is 41.1 cm³/mol. The van der Waals surface area contributed by atoms with Crippen LogP contribution in [-0.2, 0) is 6.42 Å². The minimum absolute atomic E-state index is 0.581. The quantitative estimate of drug-likeness (QED) is 0.569. The average Bonchev–Trinajstić information content (AvgIpc) is 2.30. The zero-order chi connectivity index (χ0) is 7.84. The molecule has 2 rings (SSSR count). The number of hydrogen-bond donors (Lipinski definition) is 2. The number of hydrogen-bond acceptors (Lipinski definition) is 2. The van der Waals surface area contributed by atoms with Crippen LogP contribution in [0.15, 0.2) is 24.3 Å². The van der Waals surface area contributed by atoms with Gasteiger partial charge in [0.2, 0.25) is 0 Å². The highest BCUT2D eigenvalue weighted by Gasteiger charge is 2.28. The summed E-state index contributed by atoms with van der Waals surface area (Å²) in [6.07, 6.45) is -0.698. The number of rotatable bonds is 0. The van der Waals surface area contributed by atoms with Crippen molar-refractivity contribution < 1.29 is 10.2 Å². The summed E-state index contributed by atoms with van der Waals surface area (Å²) < 4.78 is 0. The van der Waals surface area contributed by atoms with Crippen LogP contribution in [0.25, 0.3) is 0 Å². The normalized spacial score (nSPS) is 28.5. The minimum Gasteiger partial charge on any atom is -0.390 e.